The first-order chi connectivity index (χ1) is 15.1. The average molecular weight is 441 g/mol. The van der Waals surface area contributed by atoms with Crippen molar-refractivity contribution in [3.8, 4) is 17.1 Å². The molecule has 8 nitrogen and oxygen atoms in total. The van der Waals surface area contributed by atoms with Gasteiger partial charge in [0.15, 0.2) is 0 Å². The monoisotopic (exact) mass is 440 g/mol. The van der Waals surface area contributed by atoms with Gasteiger partial charge in [0.25, 0.3) is 0 Å². The van der Waals surface area contributed by atoms with Gasteiger partial charge in [0.05, 0.1) is 13.2 Å². The molecule has 9 heteroatoms. The summed E-state index contributed by atoms with van der Waals surface area (Å²) < 4.78 is 10.9. The number of benzene rings is 2. The lowest BCUT2D eigenvalue weighted by atomic mass is 10.0. The van der Waals surface area contributed by atoms with Gasteiger partial charge in [-0.2, -0.15) is 4.98 Å². The van der Waals surface area contributed by atoms with Gasteiger partial charge in [-0.25, -0.2) is 0 Å². The topological polar surface area (TPSA) is 106 Å². The van der Waals surface area contributed by atoms with Crippen LogP contribution < -0.4 is 15.4 Å². The number of fused-ring (bicyclic) bond motifs is 1. The van der Waals surface area contributed by atoms with Crippen LogP contribution in [0.3, 0.4) is 0 Å². The molecule has 2 N–H and O–H groups in total. The van der Waals surface area contributed by atoms with E-state index in [-0.39, 0.29) is 18.4 Å². The minimum absolute atomic E-state index is 0.0360. The molecule has 2 amide bonds. The number of carbonyl (C=O) groups is 2. The Labute approximate surface area is 183 Å². The molecular weight excluding hydrogens is 420 g/mol. The van der Waals surface area contributed by atoms with Crippen LogP contribution in [0.4, 0.5) is 5.69 Å². The first-order valence-electron chi connectivity index (χ1n) is 9.97. The van der Waals surface area contributed by atoms with E-state index in [2.05, 4.69) is 20.8 Å². The Kier molecular flexibility index (Phi) is 6.47. The van der Waals surface area contributed by atoms with Crippen LogP contribution in [0.5, 0.6) is 5.75 Å². The Morgan fingerprint density at radius 2 is 2.03 bits per heavy atom. The smallest absolute Gasteiger partial charge is 0.246 e. The number of ether oxygens (including phenoxy) is 1. The number of hydrogen-bond acceptors (Lipinski definition) is 6. The number of nitrogens with zero attached hydrogens (tertiary/aromatic N) is 2. The molecular formula is C22H21ClN4O4. The molecule has 0 aliphatic carbocycles. The molecule has 31 heavy (non-hydrogen) atoms. The fourth-order valence-corrected chi connectivity index (χ4v) is 3.30. The van der Waals surface area contributed by atoms with E-state index in [1.165, 1.54) is 0 Å². The zero-order chi connectivity index (χ0) is 21.6. The number of halogens is 1. The molecule has 0 unspecified atom stereocenters. The molecule has 1 aliphatic rings. The van der Waals surface area contributed by atoms with Crippen LogP contribution >= 0.6 is 11.6 Å². The van der Waals surface area contributed by atoms with Crippen molar-refractivity contribution in [3.05, 3.63) is 58.9 Å². The predicted molar refractivity (Wildman–Crippen MR) is 115 cm³/mol. The molecule has 0 saturated heterocycles. The van der Waals surface area contributed by atoms with E-state index in [0.717, 1.165) is 22.6 Å². The van der Waals surface area contributed by atoms with Crippen LogP contribution in [0.15, 0.2) is 47.0 Å². The number of aryl methyl sites for hydroxylation is 1. The number of carbonyl (C=O) groups excluding carboxylic acids is 2. The standard InChI is InChI=1S/C22H21ClN4O4/c23-16-6-3-14(4-7-16)22-26-21(31-27-22)13-24-19(28)2-1-11-30-17-8-9-18-15(12-17)5-10-20(29)25-18/h3-4,6-9,12H,1-2,5,10-11,13H2,(H,24,28)(H,25,29). The van der Waals surface area contributed by atoms with Crippen LogP contribution in [-0.2, 0) is 22.6 Å². The van der Waals surface area contributed by atoms with Gasteiger partial charge in [-0.3, -0.25) is 9.59 Å². The minimum Gasteiger partial charge on any atom is -0.494 e. The summed E-state index contributed by atoms with van der Waals surface area (Å²) in [5.41, 5.74) is 2.68. The van der Waals surface area contributed by atoms with E-state index in [1.807, 2.05) is 18.2 Å². The summed E-state index contributed by atoms with van der Waals surface area (Å²) >= 11 is 5.87. The maximum atomic E-state index is 12.1. The van der Waals surface area contributed by atoms with Gasteiger partial charge in [-0.1, -0.05) is 16.8 Å². The molecule has 1 aliphatic heterocycles. The van der Waals surface area contributed by atoms with Crippen molar-refractivity contribution in [2.75, 3.05) is 11.9 Å². The second kappa shape index (κ2) is 9.61. The highest BCUT2D eigenvalue weighted by Crippen LogP contribution is 2.27. The van der Waals surface area contributed by atoms with Crippen LogP contribution in [-0.4, -0.2) is 28.6 Å². The highest BCUT2D eigenvalue weighted by molar-refractivity contribution is 6.30. The van der Waals surface area contributed by atoms with E-state index in [1.54, 1.807) is 24.3 Å². The maximum Gasteiger partial charge on any atom is 0.246 e. The van der Waals surface area contributed by atoms with E-state index < -0.39 is 0 Å². The highest BCUT2D eigenvalue weighted by Gasteiger charge is 2.15. The van der Waals surface area contributed by atoms with E-state index in [0.29, 0.717) is 49.0 Å². The molecule has 2 aromatic carbocycles. The Bertz CT molecular complexity index is 1080. The second-order valence-electron chi connectivity index (χ2n) is 7.11. The molecule has 0 spiro atoms. The largest absolute Gasteiger partial charge is 0.494 e. The summed E-state index contributed by atoms with van der Waals surface area (Å²) in [7, 11) is 0. The van der Waals surface area contributed by atoms with E-state index in [4.69, 9.17) is 20.9 Å². The highest BCUT2D eigenvalue weighted by atomic mass is 35.5. The Hall–Kier alpha value is -3.39. The van der Waals surface area contributed by atoms with E-state index >= 15 is 0 Å². The summed E-state index contributed by atoms with van der Waals surface area (Å²) in [4.78, 5) is 27.7. The number of rotatable bonds is 8. The van der Waals surface area contributed by atoms with E-state index in [9.17, 15) is 9.59 Å². The third-order valence-corrected chi connectivity index (χ3v) is 5.05. The number of amides is 2. The van der Waals surface area contributed by atoms with Gasteiger partial charge < -0.3 is 19.9 Å². The second-order valence-corrected chi connectivity index (χ2v) is 7.55. The predicted octanol–water partition coefficient (Wildman–Crippen LogP) is 3.75. The lowest BCUT2D eigenvalue weighted by Gasteiger charge is -2.17. The van der Waals surface area contributed by atoms with Gasteiger partial charge in [0.2, 0.25) is 23.5 Å². The van der Waals surface area contributed by atoms with Crippen molar-refractivity contribution < 1.29 is 18.8 Å². The molecule has 0 fully saturated rings. The zero-order valence-electron chi connectivity index (χ0n) is 16.7. The molecule has 160 valence electrons. The zero-order valence-corrected chi connectivity index (χ0v) is 17.4. The fraction of sp³-hybridized carbons (Fsp3) is 0.273. The lowest BCUT2D eigenvalue weighted by molar-refractivity contribution is -0.121. The van der Waals surface area contributed by atoms with Crippen LogP contribution in [0, 0.1) is 0 Å². The maximum absolute atomic E-state index is 12.1. The number of nitrogens with one attached hydrogen (secondary N) is 2. The van der Waals surface area contributed by atoms with Gasteiger partial charge >= 0.3 is 0 Å². The number of aromatic nitrogens is 2. The lowest BCUT2D eigenvalue weighted by Crippen LogP contribution is -2.23. The first-order valence-corrected chi connectivity index (χ1v) is 10.4. The van der Waals surface area contributed by atoms with Crippen LogP contribution in [0.2, 0.25) is 5.02 Å². The average Bonchev–Trinajstić information content (AvgIpc) is 3.25. The molecule has 0 saturated carbocycles. The fourth-order valence-electron chi connectivity index (χ4n) is 3.18. The normalized spacial score (nSPS) is 12.7. The van der Waals surface area contributed by atoms with Crippen molar-refractivity contribution in [2.24, 2.45) is 0 Å². The summed E-state index contributed by atoms with van der Waals surface area (Å²) in [5, 5.41) is 10.1. The summed E-state index contributed by atoms with van der Waals surface area (Å²) in [6.45, 7) is 0.580. The summed E-state index contributed by atoms with van der Waals surface area (Å²) in [5.74, 6) is 1.42. The molecule has 3 aromatic rings. The molecule has 1 aromatic heterocycles. The first kappa shape index (κ1) is 20.9. The minimum atomic E-state index is -0.122. The van der Waals surface area contributed by atoms with Crippen molar-refractivity contribution >= 4 is 29.1 Å². The summed E-state index contributed by atoms with van der Waals surface area (Å²) in [6, 6.07) is 12.7. The molecule has 4 rings (SSSR count). The van der Waals surface area contributed by atoms with Crippen molar-refractivity contribution in [2.45, 2.75) is 32.2 Å². The SMILES string of the molecule is O=C(CCCOc1ccc2c(c1)CCC(=O)N2)NCc1nc(-c2ccc(Cl)cc2)no1. The van der Waals surface area contributed by atoms with Gasteiger partial charge in [-0.05, 0) is 60.9 Å². The number of anilines is 1. The van der Waals surface area contributed by atoms with Crippen molar-refractivity contribution in [1.82, 2.24) is 15.5 Å². The van der Waals surface area contributed by atoms with Crippen molar-refractivity contribution in [3.63, 3.8) is 0 Å². The van der Waals surface area contributed by atoms with Crippen molar-refractivity contribution in [1.29, 1.82) is 0 Å². The van der Waals surface area contributed by atoms with Crippen LogP contribution in [0.25, 0.3) is 11.4 Å². The third-order valence-electron chi connectivity index (χ3n) is 4.80. The number of hydrogen-bond donors (Lipinski definition) is 2. The molecule has 0 atom stereocenters. The van der Waals surface area contributed by atoms with Gasteiger partial charge in [0, 0.05) is 29.1 Å². The molecule has 0 radical (unpaired) electrons. The third kappa shape index (κ3) is 5.61. The quantitative estimate of drug-likeness (QED) is 0.517. The Morgan fingerprint density at radius 3 is 2.87 bits per heavy atom. The van der Waals surface area contributed by atoms with Gasteiger partial charge in [-0.15, -0.1) is 0 Å². The van der Waals surface area contributed by atoms with Gasteiger partial charge in [0.1, 0.15) is 5.75 Å². The summed E-state index contributed by atoms with van der Waals surface area (Å²) in [6.07, 6.45) is 2.08. The molecule has 2 heterocycles. The van der Waals surface area contributed by atoms with Crippen LogP contribution in [0.1, 0.15) is 30.7 Å². The Balaban J connectivity index is 1.17. The Morgan fingerprint density at radius 1 is 1.19 bits per heavy atom. The molecule has 0 bridgehead atoms.